The Bertz CT molecular complexity index is 692. The Morgan fingerprint density at radius 3 is 2.00 bits per heavy atom. The van der Waals surface area contributed by atoms with Gasteiger partial charge in [0.25, 0.3) is 0 Å². The average molecular weight is 325 g/mol. The van der Waals surface area contributed by atoms with E-state index >= 15 is 0 Å². The van der Waals surface area contributed by atoms with Crippen molar-refractivity contribution in [2.24, 2.45) is 5.92 Å². The summed E-state index contributed by atoms with van der Waals surface area (Å²) in [6, 6.07) is 14.6. The summed E-state index contributed by atoms with van der Waals surface area (Å²) in [5.41, 5.74) is 8.85. The second kappa shape index (κ2) is 8.15. The first-order chi connectivity index (χ1) is 11.4. The van der Waals surface area contributed by atoms with Crippen molar-refractivity contribution >= 4 is 28.9 Å². The van der Waals surface area contributed by atoms with Crippen LogP contribution < -0.4 is 16.4 Å². The Morgan fingerprint density at radius 1 is 0.917 bits per heavy atom. The quantitative estimate of drug-likeness (QED) is 0.711. The monoisotopic (exact) mass is 325 g/mol. The van der Waals surface area contributed by atoms with Gasteiger partial charge >= 0.3 is 0 Å². The van der Waals surface area contributed by atoms with E-state index in [9.17, 15) is 9.59 Å². The number of anilines is 3. The molecule has 2 aromatic carbocycles. The highest BCUT2D eigenvalue weighted by Crippen LogP contribution is 2.15. The molecule has 0 saturated carbocycles. The lowest BCUT2D eigenvalue weighted by molar-refractivity contribution is -0.119. The van der Waals surface area contributed by atoms with Crippen LogP contribution >= 0.6 is 0 Å². The molecule has 2 aromatic rings. The second-order valence-electron chi connectivity index (χ2n) is 6.01. The van der Waals surface area contributed by atoms with Crippen molar-refractivity contribution in [1.82, 2.24) is 0 Å². The lowest BCUT2D eigenvalue weighted by atomic mass is 10.1. The summed E-state index contributed by atoms with van der Waals surface area (Å²) in [7, 11) is 0. The third-order valence-corrected chi connectivity index (χ3v) is 3.58. The molecule has 0 radical (unpaired) electrons. The van der Waals surface area contributed by atoms with Crippen LogP contribution in [0.25, 0.3) is 0 Å². The third-order valence-electron chi connectivity index (χ3n) is 3.58. The number of carbonyl (C=O) groups excluding carboxylic acids is 2. The zero-order valence-corrected chi connectivity index (χ0v) is 14.0. The highest BCUT2D eigenvalue weighted by Gasteiger charge is 2.07. The first-order valence-electron chi connectivity index (χ1n) is 7.99. The first kappa shape index (κ1) is 17.5. The number of hydrogen-bond donors (Lipinski definition) is 3. The molecule has 0 aliphatic heterocycles. The van der Waals surface area contributed by atoms with E-state index < -0.39 is 0 Å². The fraction of sp³-hybridized carbons (Fsp3) is 0.263. The minimum atomic E-state index is -0.0716. The summed E-state index contributed by atoms with van der Waals surface area (Å²) in [6.07, 6.45) is 1.06. The highest BCUT2D eigenvalue weighted by atomic mass is 16.2. The maximum absolute atomic E-state index is 12.0. The van der Waals surface area contributed by atoms with Crippen LogP contribution in [0.15, 0.2) is 48.5 Å². The molecule has 0 aliphatic carbocycles. The van der Waals surface area contributed by atoms with Gasteiger partial charge in [-0.25, -0.2) is 0 Å². The number of benzene rings is 2. The first-order valence-corrected chi connectivity index (χ1v) is 7.99. The van der Waals surface area contributed by atoms with E-state index in [-0.39, 0.29) is 17.7 Å². The van der Waals surface area contributed by atoms with Crippen LogP contribution in [0.3, 0.4) is 0 Å². The molecular formula is C19H23N3O2. The minimum Gasteiger partial charge on any atom is -0.399 e. The van der Waals surface area contributed by atoms with Crippen molar-refractivity contribution in [2.45, 2.75) is 26.7 Å². The number of carbonyl (C=O) groups is 2. The summed E-state index contributed by atoms with van der Waals surface area (Å²) < 4.78 is 0. The number of nitrogens with two attached hydrogens (primary N) is 1. The maximum atomic E-state index is 12.0. The smallest absolute Gasteiger partial charge is 0.226 e. The van der Waals surface area contributed by atoms with E-state index in [0.29, 0.717) is 29.9 Å². The number of nitrogen functional groups attached to an aromatic ring is 1. The second-order valence-corrected chi connectivity index (χ2v) is 6.01. The molecule has 0 aliphatic rings. The summed E-state index contributed by atoms with van der Waals surface area (Å²) >= 11 is 0. The lowest BCUT2D eigenvalue weighted by Gasteiger charge is -2.09. The molecule has 2 amide bonds. The van der Waals surface area contributed by atoms with Gasteiger partial charge in [-0.3, -0.25) is 9.59 Å². The third kappa shape index (κ3) is 5.43. The van der Waals surface area contributed by atoms with E-state index in [1.54, 1.807) is 24.3 Å². The van der Waals surface area contributed by atoms with Crippen molar-refractivity contribution in [1.29, 1.82) is 0 Å². The van der Waals surface area contributed by atoms with Gasteiger partial charge in [-0.1, -0.05) is 26.0 Å². The maximum Gasteiger partial charge on any atom is 0.226 e. The standard InChI is InChI=1S/C19H23N3O2/c1-13(2)19(24)22-17-10-8-16(9-11-17)21-18(23)12-5-14-3-6-15(20)7-4-14/h3-4,6-11,13H,5,12,20H2,1-2H3,(H,21,23)(H,22,24). The zero-order chi connectivity index (χ0) is 17.5. The van der Waals surface area contributed by atoms with Crippen molar-refractivity contribution in [3.8, 4) is 0 Å². The van der Waals surface area contributed by atoms with Gasteiger partial charge in [-0.2, -0.15) is 0 Å². The highest BCUT2D eigenvalue weighted by molar-refractivity contribution is 5.93. The molecule has 0 saturated heterocycles. The fourth-order valence-corrected chi connectivity index (χ4v) is 2.09. The minimum absolute atomic E-state index is 0.0321. The molecular weight excluding hydrogens is 302 g/mol. The lowest BCUT2D eigenvalue weighted by Crippen LogP contribution is -2.17. The van der Waals surface area contributed by atoms with Gasteiger partial charge in [0.05, 0.1) is 0 Å². The molecule has 0 heterocycles. The van der Waals surface area contributed by atoms with Crippen molar-refractivity contribution in [2.75, 3.05) is 16.4 Å². The van der Waals surface area contributed by atoms with Crippen LogP contribution in [0.1, 0.15) is 25.8 Å². The fourth-order valence-electron chi connectivity index (χ4n) is 2.09. The molecule has 24 heavy (non-hydrogen) atoms. The molecule has 0 aromatic heterocycles. The summed E-state index contributed by atoms with van der Waals surface area (Å²) in [4.78, 5) is 23.6. The summed E-state index contributed by atoms with van der Waals surface area (Å²) in [5.74, 6) is -0.154. The van der Waals surface area contributed by atoms with Crippen molar-refractivity contribution in [3.05, 3.63) is 54.1 Å². The molecule has 5 nitrogen and oxygen atoms in total. The molecule has 0 bridgehead atoms. The zero-order valence-electron chi connectivity index (χ0n) is 14.0. The van der Waals surface area contributed by atoms with Gasteiger partial charge in [0, 0.05) is 29.4 Å². The van der Waals surface area contributed by atoms with Crippen LogP contribution in [0.2, 0.25) is 0 Å². The molecule has 4 N–H and O–H groups in total. The number of amides is 2. The normalized spacial score (nSPS) is 10.5. The van der Waals surface area contributed by atoms with E-state index in [1.807, 2.05) is 38.1 Å². The molecule has 126 valence electrons. The Hall–Kier alpha value is -2.82. The number of nitrogens with one attached hydrogen (secondary N) is 2. The Morgan fingerprint density at radius 2 is 1.46 bits per heavy atom. The largest absolute Gasteiger partial charge is 0.399 e. The summed E-state index contributed by atoms with van der Waals surface area (Å²) in [5, 5.41) is 5.66. The Kier molecular flexibility index (Phi) is 5.95. The average Bonchev–Trinajstić information content (AvgIpc) is 2.56. The van der Waals surface area contributed by atoms with Crippen molar-refractivity contribution in [3.63, 3.8) is 0 Å². The SMILES string of the molecule is CC(C)C(=O)Nc1ccc(NC(=O)CCc2ccc(N)cc2)cc1. The van der Waals surface area contributed by atoms with Crippen molar-refractivity contribution < 1.29 is 9.59 Å². The van der Waals surface area contributed by atoms with Crippen LogP contribution in [0.4, 0.5) is 17.1 Å². The van der Waals surface area contributed by atoms with Gasteiger partial charge in [-0.05, 0) is 48.4 Å². The molecule has 0 fully saturated rings. The van der Waals surface area contributed by atoms with Gasteiger partial charge in [0.2, 0.25) is 11.8 Å². The predicted molar refractivity (Wildman–Crippen MR) is 97.7 cm³/mol. The molecule has 5 heteroatoms. The van der Waals surface area contributed by atoms with E-state index in [4.69, 9.17) is 5.73 Å². The van der Waals surface area contributed by atoms with Gasteiger partial charge < -0.3 is 16.4 Å². The number of rotatable bonds is 6. The van der Waals surface area contributed by atoms with E-state index in [2.05, 4.69) is 10.6 Å². The molecule has 0 unspecified atom stereocenters. The molecule has 0 spiro atoms. The number of hydrogen-bond acceptors (Lipinski definition) is 3. The summed E-state index contributed by atoms with van der Waals surface area (Å²) in [6.45, 7) is 3.68. The van der Waals surface area contributed by atoms with Crippen LogP contribution in [0.5, 0.6) is 0 Å². The van der Waals surface area contributed by atoms with Crippen LogP contribution in [0, 0.1) is 5.92 Å². The molecule has 2 rings (SSSR count). The van der Waals surface area contributed by atoms with Gasteiger partial charge in [-0.15, -0.1) is 0 Å². The Labute approximate surface area is 142 Å². The van der Waals surface area contributed by atoms with E-state index in [0.717, 1.165) is 5.56 Å². The number of aryl methyl sites for hydroxylation is 1. The van der Waals surface area contributed by atoms with Crippen LogP contribution in [-0.4, -0.2) is 11.8 Å². The van der Waals surface area contributed by atoms with Gasteiger partial charge in [0.1, 0.15) is 0 Å². The Balaban J connectivity index is 1.83. The van der Waals surface area contributed by atoms with E-state index in [1.165, 1.54) is 0 Å². The van der Waals surface area contributed by atoms with Gasteiger partial charge in [0.15, 0.2) is 0 Å². The topological polar surface area (TPSA) is 84.2 Å². The predicted octanol–water partition coefficient (Wildman–Crippen LogP) is 3.43. The van der Waals surface area contributed by atoms with Crippen LogP contribution in [-0.2, 0) is 16.0 Å². The molecule has 0 atom stereocenters.